The molecule has 28 heavy (non-hydrogen) atoms. The number of hydrogen-bond acceptors (Lipinski definition) is 5. The Kier molecular flexibility index (Phi) is 7.03. The fraction of sp³-hybridized carbons (Fsp3) is 0.579. The van der Waals surface area contributed by atoms with Gasteiger partial charge < -0.3 is 4.74 Å². The molecule has 0 radical (unpaired) electrons. The summed E-state index contributed by atoms with van der Waals surface area (Å²) >= 11 is 0. The summed E-state index contributed by atoms with van der Waals surface area (Å²) in [5.74, 6) is -0.720. The molecule has 0 aromatic heterocycles. The molecule has 0 unspecified atom stereocenters. The minimum absolute atomic E-state index is 0.0588. The summed E-state index contributed by atoms with van der Waals surface area (Å²) in [5.41, 5.74) is 5.13. The second-order valence-corrected chi connectivity index (χ2v) is 9.06. The van der Waals surface area contributed by atoms with Crippen molar-refractivity contribution in [3.8, 4) is 0 Å². The molecule has 1 atom stereocenters. The average Bonchev–Trinajstić information content (AvgIpc) is 3.25. The van der Waals surface area contributed by atoms with Gasteiger partial charge in [0.2, 0.25) is 15.9 Å². The van der Waals surface area contributed by atoms with Crippen LogP contribution in [0.25, 0.3) is 0 Å². The molecule has 154 valence electrons. The highest BCUT2D eigenvalue weighted by Crippen LogP contribution is 2.23. The summed E-state index contributed by atoms with van der Waals surface area (Å²) in [6, 6.07) is 5.58. The summed E-state index contributed by atoms with van der Waals surface area (Å²) in [7, 11) is -3.66. The van der Waals surface area contributed by atoms with Crippen molar-refractivity contribution in [2.75, 3.05) is 13.2 Å². The molecule has 1 saturated heterocycles. The first-order valence-corrected chi connectivity index (χ1v) is 11.3. The van der Waals surface area contributed by atoms with Crippen LogP contribution in [0, 0.1) is 5.92 Å². The molecule has 1 aliphatic carbocycles. The number of hydrazine groups is 1. The number of carbonyl (C=O) groups excluding carboxylic acids is 2. The maximum Gasteiger partial charge on any atom is 0.269 e. The van der Waals surface area contributed by atoms with E-state index in [0.717, 1.165) is 44.9 Å². The maximum absolute atomic E-state index is 12.3. The van der Waals surface area contributed by atoms with E-state index in [-0.39, 0.29) is 34.9 Å². The van der Waals surface area contributed by atoms with Gasteiger partial charge in [0.05, 0.1) is 11.0 Å². The van der Waals surface area contributed by atoms with Gasteiger partial charge >= 0.3 is 0 Å². The van der Waals surface area contributed by atoms with Crippen LogP contribution in [0.5, 0.6) is 0 Å². The molecule has 2 amide bonds. The molecule has 3 rings (SSSR count). The standard InChI is InChI=1S/C19H27N3O5S/c23-18(14-5-2-1-3-6-14)21-22-19(24)15-8-10-17(11-9-15)28(25,26)20-13-16-7-4-12-27-16/h8-11,14,16,20H,1-7,12-13H2,(H,21,23)(H,22,24)/t16-/m0/s1. The predicted molar refractivity (Wildman–Crippen MR) is 103 cm³/mol. The Morgan fingerprint density at radius 2 is 1.68 bits per heavy atom. The van der Waals surface area contributed by atoms with Crippen LogP contribution in [0.1, 0.15) is 55.3 Å². The topological polar surface area (TPSA) is 114 Å². The number of benzene rings is 1. The zero-order valence-electron chi connectivity index (χ0n) is 15.8. The van der Waals surface area contributed by atoms with Crippen molar-refractivity contribution in [1.29, 1.82) is 0 Å². The van der Waals surface area contributed by atoms with Crippen LogP contribution in [0.2, 0.25) is 0 Å². The van der Waals surface area contributed by atoms with E-state index in [0.29, 0.717) is 6.61 Å². The summed E-state index contributed by atoms with van der Waals surface area (Å²) in [4.78, 5) is 24.3. The van der Waals surface area contributed by atoms with Crippen molar-refractivity contribution in [3.05, 3.63) is 29.8 Å². The molecule has 9 heteroatoms. The normalized spacial score (nSPS) is 20.6. The van der Waals surface area contributed by atoms with Crippen molar-refractivity contribution in [3.63, 3.8) is 0 Å². The van der Waals surface area contributed by atoms with Crippen LogP contribution < -0.4 is 15.6 Å². The molecule has 0 spiro atoms. The second-order valence-electron chi connectivity index (χ2n) is 7.29. The molecule has 1 aromatic rings. The number of hydrogen-bond donors (Lipinski definition) is 3. The van der Waals surface area contributed by atoms with Crippen LogP contribution in [0.4, 0.5) is 0 Å². The fourth-order valence-corrected chi connectivity index (χ4v) is 4.60. The van der Waals surface area contributed by atoms with Gasteiger partial charge in [-0.1, -0.05) is 19.3 Å². The van der Waals surface area contributed by atoms with Gasteiger partial charge in [0.25, 0.3) is 5.91 Å². The van der Waals surface area contributed by atoms with Crippen molar-refractivity contribution in [2.45, 2.75) is 55.9 Å². The molecular formula is C19H27N3O5S. The Balaban J connectivity index is 1.51. The quantitative estimate of drug-likeness (QED) is 0.616. The van der Waals surface area contributed by atoms with Crippen LogP contribution in [-0.4, -0.2) is 39.5 Å². The van der Waals surface area contributed by atoms with E-state index < -0.39 is 15.9 Å². The molecule has 2 fully saturated rings. The number of carbonyl (C=O) groups is 2. The van der Waals surface area contributed by atoms with Gasteiger partial charge in [-0.25, -0.2) is 13.1 Å². The lowest BCUT2D eigenvalue weighted by atomic mass is 9.89. The summed E-state index contributed by atoms with van der Waals surface area (Å²) in [6.45, 7) is 0.894. The van der Waals surface area contributed by atoms with Gasteiger partial charge in [-0.3, -0.25) is 20.4 Å². The largest absolute Gasteiger partial charge is 0.377 e. The number of sulfonamides is 1. The van der Waals surface area contributed by atoms with Crippen molar-refractivity contribution < 1.29 is 22.7 Å². The Bertz CT molecular complexity index is 782. The third kappa shape index (κ3) is 5.52. The Morgan fingerprint density at radius 3 is 2.32 bits per heavy atom. The Morgan fingerprint density at radius 1 is 0.964 bits per heavy atom. The third-order valence-electron chi connectivity index (χ3n) is 5.23. The molecular weight excluding hydrogens is 382 g/mol. The first kappa shape index (κ1) is 20.8. The van der Waals surface area contributed by atoms with Crippen LogP contribution >= 0.6 is 0 Å². The second kappa shape index (κ2) is 9.49. The zero-order chi connectivity index (χ0) is 20.0. The SMILES string of the molecule is O=C(NNC(=O)C1CCCCC1)c1ccc(S(=O)(=O)NC[C@@H]2CCCO2)cc1. The van der Waals surface area contributed by atoms with Gasteiger partial charge in [-0.15, -0.1) is 0 Å². The van der Waals surface area contributed by atoms with E-state index in [1.165, 1.54) is 24.3 Å². The van der Waals surface area contributed by atoms with Gasteiger partial charge in [0, 0.05) is 24.6 Å². The van der Waals surface area contributed by atoms with Gasteiger partial charge in [0.1, 0.15) is 0 Å². The van der Waals surface area contributed by atoms with E-state index in [1.807, 2.05) is 0 Å². The lowest BCUT2D eigenvalue weighted by molar-refractivity contribution is -0.126. The summed E-state index contributed by atoms with van der Waals surface area (Å²) in [5, 5.41) is 0. The van der Waals surface area contributed by atoms with Gasteiger partial charge in [-0.2, -0.15) is 0 Å². The molecule has 1 aromatic carbocycles. The number of amides is 2. The minimum Gasteiger partial charge on any atom is -0.377 e. The molecule has 2 aliphatic rings. The van der Waals surface area contributed by atoms with Gasteiger partial charge in [0.15, 0.2) is 0 Å². The van der Waals surface area contributed by atoms with Gasteiger partial charge in [-0.05, 0) is 49.9 Å². The number of rotatable bonds is 6. The van der Waals surface area contributed by atoms with E-state index in [4.69, 9.17) is 4.74 Å². The highest BCUT2D eigenvalue weighted by atomic mass is 32.2. The van der Waals surface area contributed by atoms with E-state index in [9.17, 15) is 18.0 Å². The highest BCUT2D eigenvalue weighted by molar-refractivity contribution is 7.89. The van der Waals surface area contributed by atoms with Crippen LogP contribution in [-0.2, 0) is 19.6 Å². The predicted octanol–water partition coefficient (Wildman–Crippen LogP) is 1.49. The van der Waals surface area contributed by atoms with E-state index in [1.54, 1.807) is 0 Å². The van der Waals surface area contributed by atoms with E-state index in [2.05, 4.69) is 15.6 Å². The number of ether oxygens (including phenoxy) is 1. The molecule has 1 saturated carbocycles. The molecule has 8 nitrogen and oxygen atoms in total. The first-order valence-electron chi connectivity index (χ1n) is 9.77. The average molecular weight is 410 g/mol. The van der Waals surface area contributed by atoms with Crippen LogP contribution in [0.15, 0.2) is 29.2 Å². The molecule has 1 heterocycles. The molecule has 1 aliphatic heterocycles. The van der Waals surface area contributed by atoms with Crippen molar-refractivity contribution in [2.24, 2.45) is 5.92 Å². The summed E-state index contributed by atoms with van der Waals surface area (Å²) in [6.07, 6.45) is 6.58. The lowest BCUT2D eigenvalue weighted by Gasteiger charge is -2.20. The summed E-state index contributed by atoms with van der Waals surface area (Å²) < 4.78 is 32.6. The maximum atomic E-state index is 12.3. The van der Waals surface area contributed by atoms with Crippen LogP contribution in [0.3, 0.4) is 0 Å². The first-order chi connectivity index (χ1) is 13.5. The minimum atomic E-state index is -3.66. The Hall–Kier alpha value is -1.97. The Labute approximate surface area is 165 Å². The lowest BCUT2D eigenvalue weighted by Crippen LogP contribution is -2.44. The molecule has 0 bridgehead atoms. The number of nitrogens with one attached hydrogen (secondary N) is 3. The smallest absolute Gasteiger partial charge is 0.269 e. The molecule has 3 N–H and O–H groups in total. The highest BCUT2D eigenvalue weighted by Gasteiger charge is 2.22. The van der Waals surface area contributed by atoms with Crippen molar-refractivity contribution in [1.82, 2.24) is 15.6 Å². The van der Waals surface area contributed by atoms with E-state index >= 15 is 0 Å². The zero-order valence-corrected chi connectivity index (χ0v) is 16.6. The fourth-order valence-electron chi connectivity index (χ4n) is 3.53. The third-order valence-corrected chi connectivity index (χ3v) is 6.67. The monoisotopic (exact) mass is 409 g/mol. The van der Waals surface area contributed by atoms with Crippen molar-refractivity contribution >= 4 is 21.8 Å².